The van der Waals surface area contributed by atoms with Crippen LogP contribution in [0, 0.1) is 5.82 Å². The number of carbonyl (C=O) groups excluding carboxylic acids is 3. The highest BCUT2D eigenvalue weighted by molar-refractivity contribution is 6.34. The van der Waals surface area contributed by atoms with Crippen molar-refractivity contribution in [2.24, 2.45) is 4.99 Å². The first-order valence-corrected chi connectivity index (χ1v) is 12.8. The van der Waals surface area contributed by atoms with Crippen LogP contribution >= 0.6 is 11.6 Å². The number of rotatable bonds is 13. The molecule has 1 heterocycles. The lowest BCUT2D eigenvalue weighted by Gasteiger charge is -2.17. The van der Waals surface area contributed by atoms with Crippen molar-refractivity contribution in [3.05, 3.63) is 75.7 Å². The van der Waals surface area contributed by atoms with Gasteiger partial charge in [0.05, 0.1) is 10.6 Å². The zero-order valence-corrected chi connectivity index (χ0v) is 21.9. The summed E-state index contributed by atoms with van der Waals surface area (Å²) in [5, 5.41) is 5.72. The molecule has 9 heteroatoms. The van der Waals surface area contributed by atoms with Crippen LogP contribution in [0.25, 0.3) is 0 Å². The summed E-state index contributed by atoms with van der Waals surface area (Å²) >= 11 is 5.98. The molecule has 7 nitrogen and oxygen atoms in total. The third-order valence-electron chi connectivity index (χ3n) is 6.18. The van der Waals surface area contributed by atoms with Crippen molar-refractivity contribution in [1.29, 1.82) is 0 Å². The molecule has 0 saturated carbocycles. The number of hydrogen-bond donors (Lipinski definition) is 2. The predicted octanol–water partition coefficient (Wildman–Crippen LogP) is 4.81. The number of nitrogens with one attached hydrogen (secondary N) is 2. The number of aliphatic imine (C=N–C) groups is 1. The number of halogens is 2. The molecule has 2 aromatic rings. The van der Waals surface area contributed by atoms with Crippen molar-refractivity contribution >= 4 is 41.1 Å². The summed E-state index contributed by atoms with van der Waals surface area (Å²) in [5.41, 5.74) is 1.94. The molecule has 3 rings (SSSR count). The molecule has 1 aliphatic heterocycles. The van der Waals surface area contributed by atoms with Gasteiger partial charge in [0.25, 0.3) is 11.8 Å². The second-order valence-corrected chi connectivity index (χ2v) is 9.12. The van der Waals surface area contributed by atoms with Crippen LogP contribution in [0.2, 0.25) is 5.02 Å². The Hall–Kier alpha value is -3.36. The van der Waals surface area contributed by atoms with E-state index in [1.807, 2.05) is 0 Å². The van der Waals surface area contributed by atoms with Crippen LogP contribution in [0.5, 0.6) is 0 Å². The normalized spacial score (nSPS) is 12.8. The van der Waals surface area contributed by atoms with Crippen molar-refractivity contribution in [3.63, 3.8) is 0 Å². The van der Waals surface area contributed by atoms with Gasteiger partial charge in [0, 0.05) is 36.9 Å². The van der Waals surface area contributed by atoms with Gasteiger partial charge in [-0.1, -0.05) is 37.6 Å². The van der Waals surface area contributed by atoms with Crippen molar-refractivity contribution < 1.29 is 18.8 Å². The van der Waals surface area contributed by atoms with Crippen molar-refractivity contribution in [2.75, 3.05) is 31.5 Å². The molecule has 2 aromatic carbocycles. The third-order valence-corrected chi connectivity index (χ3v) is 6.49. The molecule has 0 aliphatic carbocycles. The molecule has 37 heavy (non-hydrogen) atoms. The molecule has 0 atom stereocenters. The van der Waals surface area contributed by atoms with E-state index < -0.39 is 11.7 Å². The highest BCUT2D eigenvalue weighted by atomic mass is 35.5. The van der Waals surface area contributed by atoms with Crippen LogP contribution in [-0.2, 0) is 16.0 Å². The third kappa shape index (κ3) is 8.06. The summed E-state index contributed by atoms with van der Waals surface area (Å²) in [4.78, 5) is 44.4. The molecule has 0 fully saturated rings. The average molecular weight is 527 g/mol. The predicted molar refractivity (Wildman–Crippen MR) is 145 cm³/mol. The summed E-state index contributed by atoms with van der Waals surface area (Å²) in [6.45, 7) is 7.79. The van der Waals surface area contributed by atoms with Crippen LogP contribution in [0.4, 0.5) is 10.1 Å². The van der Waals surface area contributed by atoms with Gasteiger partial charge < -0.3 is 15.5 Å². The summed E-state index contributed by atoms with van der Waals surface area (Å²) in [5.74, 6) is -1.49. The minimum Gasteiger partial charge on any atom is -0.351 e. The van der Waals surface area contributed by atoms with Gasteiger partial charge in [0.15, 0.2) is 5.78 Å². The molecule has 0 radical (unpaired) electrons. The molecule has 0 saturated heterocycles. The lowest BCUT2D eigenvalue weighted by molar-refractivity contribution is -0.118. The molecule has 196 valence electrons. The van der Waals surface area contributed by atoms with Crippen LogP contribution < -0.4 is 10.6 Å². The Bertz CT molecular complexity index is 1190. The number of Topliss-reactive ketones (excluding diaryl/α,β-unsaturated/α-hetero) is 1. The van der Waals surface area contributed by atoms with Crippen LogP contribution in [-0.4, -0.2) is 54.9 Å². The van der Waals surface area contributed by atoms with E-state index in [1.165, 1.54) is 12.1 Å². The van der Waals surface area contributed by atoms with E-state index in [2.05, 4.69) is 34.4 Å². The van der Waals surface area contributed by atoms with Crippen molar-refractivity contribution in [3.8, 4) is 0 Å². The molecular formula is C28H32ClFN4O3. The second kappa shape index (κ2) is 13.8. The van der Waals surface area contributed by atoms with E-state index in [1.54, 1.807) is 30.5 Å². The summed E-state index contributed by atoms with van der Waals surface area (Å²) in [6.07, 6.45) is 3.75. The molecule has 0 unspecified atom stereocenters. The number of anilines is 1. The van der Waals surface area contributed by atoms with E-state index in [0.29, 0.717) is 23.4 Å². The standard InChI is InChI=1S/C28H32ClFN4O3/c1-3-34(4-2)16-6-5-14-32-28(37)26-23(13-15-31-26)27(36)33-21-10-7-19(8-11-21)17-25(35)22-12-9-20(30)18-24(22)29/h7-12,15,18H,3-6,13-14,16-17H2,1-2H3,(H,32,37)(H,33,36). The number of amides is 2. The Morgan fingerprint density at radius 3 is 2.43 bits per heavy atom. The van der Waals surface area contributed by atoms with E-state index in [4.69, 9.17) is 11.6 Å². The van der Waals surface area contributed by atoms with Gasteiger partial charge in [-0.2, -0.15) is 0 Å². The van der Waals surface area contributed by atoms with Gasteiger partial charge in [-0.25, -0.2) is 4.39 Å². The Morgan fingerprint density at radius 1 is 1.03 bits per heavy atom. The molecular weight excluding hydrogens is 495 g/mol. The molecule has 2 N–H and O–H groups in total. The van der Waals surface area contributed by atoms with Gasteiger partial charge >= 0.3 is 0 Å². The van der Waals surface area contributed by atoms with E-state index >= 15 is 0 Å². The fraction of sp³-hybridized carbons (Fsp3) is 0.357. The van der Waals surface area contributed by atoms with Gasteiger partial charge in [-0.15, -0.1) is 0 Å². The first kappa shape index (κ1) is 28.2. The van der Waals surface area contributed by atoms with Gasteiger partial charge in [0.1, 0.15) is 11.5 Å². The number of nitrogens with zero attached hydrogens (tertiary/aromatic N) is 2. The lowest BCUT2D eigenvalue weighted by Crippen LogP contribution is -2.29. The van der Waals surface area contributed by atoms with E-state index in [9.17, 15) is 18.8 Å². The maximum absolute atomic E-state index is 13.2. The zero-order chi connectivity index (χ0) is 26.8. The SMILES string of the molecule is CCN(CC)CCCCNC(=O)C1=C(C(=O)Nc2ccc(CC(=O)c3ccc(F)cc3Cl)cc2)CC=N1. The number of benzene rings is 2. The van der Waals surface area contributed by atoms with Gasteiger partial charge in [-0.3, -0.25) is 19.4 Å². The number of ketones is 1. The highest BCUT2D eigenvalue weighted by Gasteiger charge is 2.23. The van der Waals surface area contributed by atoms with E-state index in [-0.39, 0.29) is 40.8 Å². The largest absolute Gasteiger partial charge is 0.351 e. The molecule has 0 aromatic heterocycles. The fourth-order valence-corrected chi connectivity index (χ4v) is 4.27. The van der Waals surface area contributed by atoms with Gasteiger partial charge in [-0.05, 0) is 68.4 Å². The van der Waals surface area contributed by atoms with Crippen molar-refractivity contribution in [2.45, 2.75) is 39.5 Å². The Balaban J connectivity index is 1.52. The minimum absolute atomic E-state index is 0.0698. The summed E-state index contributed by atoms with van der Waals surface area (Å²) in [6, 6.07) is 10.5. The van der Waals surface area contributed by atoms with Gasteiger partial charge in [0.2, 0.25) is 0 Å². The van der Waals surface area contributed by atoms with Crippen molar-refractivity contribution in [1.82, 2.24) is 10.2 Å². The van der Waals surface area contributed by atoms with Crippen LogP contribution in [0.15, 0.2) is 58.7 Å². The highest BCUT2D eigenvalue weighted by Crippen LogP contribution is 2.21. The number of carbonyl (C=O) groups is 3. The first-order chi connectivity index (χ1) is 17.8. The Morgan fingerprint density at radius 2 is 1.76 bits per heavy atom. The number of unbranched alkanes of at least 4 members (excludes halogenated alkanes) is 1. The fourth-order valence-electron chi connectivity index (χ4n) is 3.99. The smallest absolute Gasteiger partial charge is 0.270 e. The summed E-state index contributed by atoms with van der Waals surface area (Å²) < 4.78 is 13.2. The lowest BCUT2D eigenvalue weighted by atomic mass is 10.0. The average Bonchev–Trinajstić information content (AvgIpc) is 3.37. The molecule has 0 spiro atoms. The van der Waals surface area contributed by atoms with Crippen LogP contribution in [0.1, 0.15) is 49.0 Å². The maximum atomic E-state index is 13.2. The van der Waals surface area contributed by atoms with E-state index in [0.717, 1.165) is 38.5 Å². The minimum atomic E-state index is -0.504. The zero-order valence-electron chi connectivity index (χ0n) is 21.2. The molecule has 2 amide bonds. The second-order valence-electron chi connectivity index (χ2n) is 8.71. The van der Waals surface area contributed by atoms with Crippen LogP contribution in [0.3, 0.4) is 0 Å². The quantitative estimate of drug-likeness (QED) is 0.289. The topological polar surface area (TPSA) is 90.9 Å². The maximum Gasteiger partial charge on any atom is 0.270 e. The monoisotopic (exact) mass is 526 g/mol. The molecule has 1 aliphatic rings. The molecule has 0 bridgehead atoms. The number of hydrogen-bond acceptors (Lipinski definition) is 5. The first-order valence-electron chi connectivity index (χ1n) is 12.5. The Kier molecular flexibility index (Phi) is 10.5. The Labute approximate surface area is 221 Å². The summed E-state index contributed by atoms with van der Waals surface area (Å²) in [7, 11) is 0.